The third-order valence-electron chi connectivity index (χ3n) is 3.78. The number of hydrogen-bond acceptors (Lipinski definition) is 5. The molecule has 5 nitrogen and oxygen atoms in total. The molecular formula is C13H28N2O3Si. The number of nitrogens with zero attached hydrogens (tertiary/aromatic N) is 2. The zero-order chi connectivity index (χ0) is 13.7. The van der Waals surface area contributed by atoms with Gasteiger partial charge in [-0.05, 0) is 33.1 Å². The largest absolute Gasteiger partial charge is 0.393 e. The Balaban J connectivity index is 1.92. The maximum atomic E-state index is 6.29. The topological polar surface area (TPSA) is 34.2 Å². The third-order valence-corrected chi connectivity index (χ3v) is 6.69. The minimum Gasteiger partial charge on any atom is -0.393 e. The van der Waals surface area contributed by atoms with Gasteiger partial charge in [0, 0.05) is 39.4 Å². The standard InChI is InChI=1S/C13H28N2O3Si/c1-14(2)5-6-15-7-9-17-19(3)10-4-8-16-12-13(11-15)18-19/h13H,4-12H2,1-3H3. The smallest absolute Gasteiger partial charge is 0.335 e. The Morgan fingerprint density at radius 1 is 1.32 bits per heavy atom. The van der Waals surface area contributed by atoms with Crippen LogP contribution in [-0.2, 0) is 13.6 Å². The Morgan fingerprint density at radius 2 is 2.16 bits per heavy atom. The Hall–Kier alpha value is 0.0169. The fourth-order valence-electron chi connectivity index (χ4n) is 2.67. The van der Waals surface area contributed by atoms with Crippen LogP contribution in [-0.4, -0.2) is 84.6 Å². The van der Waals surface area contributed by atoms with Crippen LogP contribution in [0.3, 0.4) is 0 Å². The minimum absolute atomic E-state index is 0.180. The van der Waals surface area contributed by atoms with Gasteiger partial charge in [0.05, 0.1) is 12.7 Å². The predicted octanol–water partition coefficient (Wildman–Crippen LogP) is 0.758. The molecule has 0 saturated carbocycles. The van der Waals surface area contributed by atoms with E-state index >= 15 is 0 Å². The number of likely N-dealkylation sites (N-methyl/N-ethyl adjacent to an activating group) is 1. The molecule has 2 rings (SSSR count). The molecule has 0 aromatic carbocycles. The Labute approximate surface area is 118 Å². The summed E-state index contributed by atoms with van der Waals surface area (Å²) in [4.78, 5) is 4.65. The van der Waals surface area contributed by atoms with E-state index in [0.717, 1.165) is 51.9 Å². The number of ether oxygens (including phenoxy) is 1. The SMILES string of the molecule is CN(C)CCN1CCO[Si]2(C)CCCOCC(C1)O2. The molecule has 112 valence electrons. The number of rotatable bonds is 3. The first kappa shape index (κ1) is 15.4. The predicted molar refractivity (Wildman–Crippen MR) is 77.7 cm³/mol. The highest BCUT2D eigenvalue weighted by molar-refractivity contribution is 6.66. The van der Waals surface area contributed by atoms with E-state index in [9.17, 15) is 0 Å². The van der Waals surface area contributed by atoms with Crippen LogP contribution in [0.1, 0.15) is 6.42 Å². The summed E-state index contributed by atoms with van der Waals surface area (Å²) < 4.78 is 18.1. The van der Waals surface area contributed by atoms with Crippen molar-refractivity contribution in [2.24, 2.45) is 0 Å². The van der Waals surface area contributed by atoms with Crippen molar-refractivity contribution in [3.63, 3.8) is 0 Å². The molecule has 2 aliphatic rings. The summed E-state index contributed by atoms with van der Waals surface area (Å²) in [6, 6.07) is 1.06. The lowest BCUT2D eigenvalue weighted by Crippen LogP contribution is -2.53. The van der Waals surface area contributed by atoms with Crippen LogP contribution in [0.4, 0.5) is 0 Å². The van der Waals surface area contributed by atoms with Gasteiger partial charge in [0.1, 0.15) is 0 Å². The first-order valence-electron chi connectivity index (χ1n) is 7.34. The summed E-state index contributed by atoms with van der Waals surface area (Å²) in [5, 5.41) is 0. The second kappa shape index (κ2) is 7.15. The van der Waals surface area contributed by atoms with Gasteiger partial charge in [-0.2, -0.15) is 0 Å². The van der Waals surface area contributed by atoms with E-state index in [0.29, 0.717) is 6.61 Å². The van der Waals surface area contributed by atoms with Gasteiger partial charge in [-0.3, -0.25) is 4.90 Å². The lowest BCUT2D eigenvalue weighted by molar-refractivity contribution is -0.0198. The Kier molecular flexibility index (Phi) is 5.80. The van der Waals surface area contributed by atoms with E-state index in [1.165, 1.54) is 0 Å². The fourth-order valence-corrected chi connectivity index (χ4v) is 5.15. The highest BCUT2D eigenvalue weighted by Gasteiger charge is 2.37. The fraction of sp³-hybridized carbons (Fsp3) is 1.00. The van der Waals surface area contributed by atoms with Crippen LogP contribution in [0.2, 0.25) is 12.6 Å². The highest BCUT2D eigenvalue weighted by atomic mass is 28.4. The number of fused-ring (bicyclic) bond motifs is 2. The molecule has 0 aromatic rings. The summed E-state index contributed by atoms with van der Waals surface area (Å²) in [5.74, 6) is 0. The van der Waals surface area contributed by atoms with E-state index in [1.54, 1.807) is 0 Å². The van der Waals surface area contributed by atoms with Crippen LogP contribution >= 0.6 is 0 Å². The molecule has 2 fully saturated rings. The average Bonchev–Trinajstić information content (AvgIpc) is 2.29. The zero-order valence-electron chi connectivity index (χ0n) is 12.6. The Bertz CT molecular complexity index is 281. The molecule has 19 heavy (non-hydrogen) atoms. The van der Waals surface area contributed by atoms with E-state index < -0.39 is 8.56 Å². The molecule has 2 bridgehead atoms. The maximum Gasteiger partial charge on any atom is 0.335 e. The highest BCUT2D eigenvalue weighted by Crippen LogP contribution is 2.22. The molecule has 0 aromatic heterocycles. The van der Waals surface area contributed by atoms with Crippen LogP contribution in [0, 0.1) is 0 Å². The van der Waals surface area contributed by atoms with Gasteiger partial charge < -0.3 is 18.5 Å². The lowest BCUT2D eigenvalue weighted by atomic mass is 10.3. The number of hydrogen-bond donors (Lipinski definition) is 0. The molecule has 0 amide bonds. The molecule has 0 radical (unpaired) electrons. The summed E-state index contributed by atoms with van der Waals surface area (Å²) in [6.45, 7) is 8.70. The maximum absolute atomic E-state index is 6.29. The molecule has 6 heteroatoms. The van der Waals surface area contributed by atoms with Gasteiger partial charge >= 0.3 is 8.56 Å². The lowest BCUT2D eigenvalue weighted by Gasteiger charge is -2.39. The summed E-state index contributed by atoms with van der Waals surface area (Å²) in [5.41, 5.74) is 0. The monoisotopic (exact) mass is 288 g/mol. The van der Waals surface area contributed by atoms with Crippen LogP contribution < -0.4 is 0 Å². The average molecular weight is 288 g/mol. The Morgan fingerprint density at radius 3 is 2.95 bits per heavy atom. The summed E-state index contributed by atoms with van der Waals surface area (Å²) in [6.07, 6.45) is 1.25. The van der Waals surface area contributed by atoms with Crippen molar-refractivity contribution in [1.29, 1.82) is 0 Å². The summed E-state index contributed by atoms with van der Waals surface area (Å²) in [7, 11) is 2.28. The van der Waals surface area contributed by atoms with Crippen molar-refractivity contribution in [1.82, 2.24) is 9.80 Å². The van der Waals surface area contributed by atoms with E-state index in [1.807, 2.05) is 0 Å². The van der Waals surface area contributed by atoms with E-state index in [4.69, 9.17) is 13.6 Å². The molecule has 2 saturated heterocycles. The van der Waals surface area contributed by atoms with Gasteiger partial charge in [-0.25, -0.2) is 0 Å². The molecule has 0 aliphatic carbocycles. The molecule has 0 spiro atoms. The van der Waals surface area contributed by atoms with Crippen LogP contribution in [0.5, 0.6) is 0 Å². The van der Waals surface area contributed by atoms with Gasteiger partial charge in [-0.15, -0.1) is 0 Å². The van der Waals surface area contributed by atoms with Crippen molar-refractivity contribution in [3.05, 3.63) is 0 Å². The summed E-state index contributed by atoms with van der Waals surface area (Å²) >= 11 is 0. The van der Waals surface area contributed by atoms with Crippen molar-refractivity contribution in [2.75, 3.05) is 60.1 Å². The van der Waals surface area contributed by atoms with Gasteiger partial charge in [-0.1, -0.05) is 0 Å². The van der Waals surface area contributed by atoms with Gasteiger partial charge in [0.15, 0.2) is 0 Å². The zero-order valence-corrected chi connectivity index (χ0v) is 13.6. The van der Waals surface area contributed by atoms with Crippen molar-refractivity contribution < 1.29 is 13.6 Å². The van der Waals surface area contributed by atoms with Crippen molar-refractivity contribution >= 4 is 8.56 Å². The quantitative estimate of drug-likeness (QED) is 0.716. The van der Waals surface area contributed by atoms with E-state index in [-0.39, 0.29) is 6.10 Å². The molecule has 2 aliphatic heterocycles. The van der Waals surface area contributed by atoms with Crippen molar-refractivity contribution in [3.8, 4) is 0 Å². The molecule has 2 heterocycles. The first-order valence-corrected chi connectivity index (χ1v) is 9.86. The third kappa shape index (κ3) is 5.13. The van der Waals surface area contributed by atoms with Crippen LogP contribution in [0.25, 0.3) is 0 Å². The second-order valence-corrected chi connectivity index (χ2v) is 9.30. The minimum atomic E-state index is -1.94. The van der Waals surface area contributed by atoms with Crippen LogP contribution in [0.15, 0.2) is 0 Å². The second-order valence-electron chi connectivity index (χ2n) is 6.00. The normalized spacial score (nSPS) is 34.4. The van der Waals surface area contributed by atoms with Gasteiger partial charge in [0.25, 0.3) is 0 Å². The molecule has 2 atom stereocenters. The molecule has 2 unspecified atom stereocenters. The molecule has 0 N–H and O–H groups in total. The molecular weight excluding hydrogens is 260 g/mol. The first-order chi connectivity index (χ1) is 9.07. The van der Waals surface area contributed by atoms with Crippen molar-refractivity contribution in [2.45, 2.75) is 25.1 Å². The van der Waals surface area contributed by atoms with Gasteiger partial charge in [0.2, 0.25) is 0 Å². The van der Waals surface area contributed by atoms with E-state index in [2.05, 4.69) is 30.4 Å².